The summed E-state index contributed by atoms with van der Waals surface area (Å²) in [5, 5.41) is 17.0. The lowest BCUT2D eigenvalue weighted by Crippen LogP contribution is -2.59. The summed E-state index contributed by atoms with van der Waals surface area (Å²) in [5.41, 5.74) is 5.92. The third kappa shape index (κ3) is 11.1. The van der Waals surface area contributed by atoms with Crippen LogP contribution in [0.25, 0.3) is 0 Å². The van der Waals surface area contributed by atoms with Crippen molar-refractivity contribution in [3.63, 3.8) is 0 Å². The average Bonchev–Trinajstić information content (AvgIpc) is 2.71. The van der Waals surface area contributed by atoms with E-state index in [0.717, 1.165) is 5.75 Å². The van der Waals surface area contributed by atoms with Crippen molar-refractivity contribution in [2.24, 2.45) is 17.6 Å². The second-order valence-corrected chi connectivity index (χ2v) is 9.38. The summed E-state index contributed by atoms with van der Waals surface area (Å²) >= 11 is 5.53. The van der Waals surface area contributed by atoms with Crippen LogP contribution in [0.5, 0.6) is 0 Å². The van der Waals surface area contributed by atoms with Crippen LogP contribution in [-0.4, -0.2) is 70.7 Å². The zero-order chi connectivity index (χ0) is 24.1. The van der Waals surface area contributed by atoms with E-state index in [9.17, 15) is 19.2 Å². The third-order valence-electron chi connectivity index (χ3n) is 4.90. The number of thioether (sulfide) groups is 1. The molecule has 31 heavy (non-hydrogen) atoms. The van der Waals surface area contributed by atoms with Crippen molar-refractivity contribution in [3.05, 3.63) is 0 Å². The number of hydrogen-bond donors (Lipinski definition) is 6. The molecule has 180 valence electrons. The van der Waals surface area contributed by atoms with Crippen LogP contribution in [0.1, 0.15) is 47.0 Å². The molecule has 0 spiro atoms. The number of thiol groups is 1. The Labute approximate surface area is 194 Å². The molecule has 5 unspecified atom stereocenters. The summed E-state index contributed by atoms with van der Waals surface area (Å²) in [6.07, 6.45) is 3.34. The van der Waals surface area contributed by atoms with Gasteiger partial charge in [-0.2, -0.15) is 24.4 Å². The van der Waals surface area contributed by atoms with Crippen LogP contribution in [0, 0.1) is 11.8 Å². The average molecular weight is 479 g/mol. The predicted octanol–water partition coefficient (Wildman–Crippen LogP) is 0.628. The van der Waals surface area contributed by atoms with Gasteiger partial charge in [0, 0.05) is 5.75 Å². The van der Waals surface area contributed by atoms with Crippen LogP contribution >= 0.6 is 24.4 Å². The second-order valence-electron chi connectivity index (χ2n) is 8.03. The number of carboxylic acid groups (broad SMARTS) is 1. The van der Waals surface area contributed by atoms with Crippen molar-refractivity contribution in [3.8, 4) is 0 Å². The minimum atomic E-state index is -1.21. The molecule has 3 amide bonds. The van der Waals surface area contributed by atoms with E-state index >= 15 is 0 Å². The summed E-state index contributed by atoms with van der Waals surface area (Å²) in [4.78, 5) is 49.4. The van der Waals surface area contributed by atoms with E-state index in [-0.39, 0.29) is 17.6 Å². The molecular weight excluding hydrogens is 440 g/mol. The first-order valence-electron chi connectivity index (χ1n) is 10.5. The fourth-order valence-electron chi connectivity index (χ4n) is 2.76. The van der Waals surface area contributed by atoms with Crippen LogP contribution in [0.15, 0.2) is 0 Å². The number of aliphatic carboxylic acids is 1. The number of rotatable bonds is 15. The van der Waals surface area contributed by atoms with E-state index < -0.39 is 47.9 Å². The molecule has 11 heteroatoms. The Kier molecular flexibility index (Phi) is 14.6. The van der Waals surface area contributed by atoms with Gasteiger partial charge in [-0.15, -0.1) is 0 Å². The number of carboxylic acids is 1. The van der Waals surface area contributed by atoms with Gasteiger partial charge in [-0.05, 0) is 36.7 Å². The van der Waals surface area contributed by atoms with Crippen molar-refractivity contribution in [1.29, 1.82) is 0 Å². The van der Waals surface area contributed by atoms with E-state index in [2.05, 4.69) is 28.6 Å². The number of nitrogens with two attached hydrogens (primary N) is 1. The smallest absolute Gasteiger partial charge is 0.327 e. The van der Waals surface area contributed by atoms with E-state index in [1.54, 1.807) is 11.8 Å². The molecule has 0 rings (SSSR count). The van der Waals surface area contributed by atoms with Crippen LogP contribution in [0.2, 0.25) is 0 Å². The molecule has 0 bridgehead atoms. The minimum Gasteiger partial charge on any atom is -0.480 e. The molecule has 0 heterocycles. The van der Waals surface area contributed by atoms with Crippen LogP contribution in [0.3, 0.4) is 0 Å². The van der Waals surface area contributed by atoms with Crippen molar-refractivity contribution in [2.45, 2.75) is 71.1 Å². The van der Waals surface area contributed by atoms with Crippen LogP contribution < -0.4 is 21.7 Å². The predicted molar refractivity (Wildman–Crippen MR) is 127 cm³/mol. The Morgan fingerprint density at radius 3 is 2.03 bits per heavy atom. The van der Waals surface area contributed by atoms with Gasteiger partial charge in [-0.25, -0.2) is 4.79 Å². The Morgan fingerprint density at radius 2 is 1.58 bits per heavy atom. The highest BCUT2D eigenvalue weighted by molar-refractivity contribution is 7.98. The molecule has 0 aliphatic heterocycles. The van der Waals surface area contributed by atoms with E-state index in [0.29, 0.717) is 19.3 Å². The molecule has 0 saturated heterocycles. The number of carbonyl (C=O) groups excluding carboxylic acids is 3. The number of hydrogen-bond acceptors (Lipinski definition) is 7. The largest absolute Gasteiger partial charge is 0.480 e. The van der Waals surface area contributed by atoms with Crippen molar-refractivity contribution < 1.29 is 24.3 Å². The number of amides is 3. The normalized spacial score (nSPS) is 16.0. The SMILES string of the molecule is CCC(C)C(NC(=O)C(N)CCSC)C(=O)NC(CC(C)C)C(=O)NC(CS)C(=O)O. The zero-order valence-corrected chi connectivity index (χ0v) is 20.7. The Bertz CT molecular complexity index is 606. The highest BCUT2D eigenvalue weighted by Crippen LogP contribution is 2.12. The Morgan fingerprint density at radius 1 is 1.00 bits per heavy atom. The molecule has 0 saturated carbocycles. The Hall–Kier alpha value is -1.46. The molecule has 5 atom stereocenters. The summed E-state index contributed by atoms with van der Waals surface area (Å²) in [6.45, 7) is 7.50. The number of nitrogens with one attached hydrogen (secondary N) is 3. The maximum atomic E-state index is 13.0. The summed E-state index contributed by atoms with van der Waals surface area (Å²) in [6, 6.07) is -3.70. The van der Waals surface area contributed by atoms with E-state index in [1.165, 1.54) is 0 Å². The van der Waals surface area contributed by atoms with Gasteiger partial charge in [0.1, 0.15) is 18.1 Å². The first-order chi connectivity index (χ1) is 14.5. The second kappa shape index (κ2) is 15.4. The molecule has 0 aliphatic rings. The van der Waals surface area contributed by atoms with E-state index in [4.69, 9.17) is 10.8 Å². The maximum absolute atomic E-state index is 13.0. The van der Waals surface area contributed by atoms with Crippen molar-refractivity contribution in [2.75, 3.05) is 17.8 Å². The van der Waals surface area contributed by atoms with E-state index in [1.807, 2.05) is 34.0 Å². The lowest BCUT2D eigenvalue weighted by molar-refractivity contribution is -0.141. The molecule has 0 aromatic rings. The van der Waals surface area contributed by atoms with Crippen LogP contribution in [-0.2, 0) is 19.2 Å². The molecule has 0 aliphatic carbocycles. The topological polar surface area (TPSA) is 151 Å². The minimum absolute atomic E-state index is 0.0620. The van der Waals surface area contributed by atoms with Gasteiger partial charge in [-0.1, -0.05) is 34.1 Å². The molecule has 6 N–H and O–H groups in total. The molecule has 9 nitrogen and oxygen atoms in total. The van der Waals surface area contributed by atoms with Gasteiger partial charge < -0.3 is 26.8 Å². The monoisotopic (exact) mass is 478 g/mol. The van der Waals surface area contributed by atoms with Gasteiger partial charge in [0.25, 0.3) is 0 Å². The standard InChI is InChI=1S/C20H38N4O5S2/c1-6-12(4)16(24-17(25)13(21)7-8-31-5)19(27)22-14(9-11(2)3)18(26)23-15(10-30)20(28)29/h11-16,30H,6-10,21H2,1-5H3,(H,22,27)(H,23,26)(H,24,25)(H,28,29). The molecular formula is C20H38N4O5S2. The fourth-order valence-corrected chi connectivity index (χ4v) is 3.50. The summed E-state index contributed by atoms with van der Waals surface area (Å²) in [5.74, 6) is -2.21. The highest BCUT2D eigenvalue weighted by Gasteiger charge is 2.32. The molecule has 0 aromatic carbocycles. The number of carbonyl (C=O) groups is 4. The lowest BCUT2D eigenvalue weighted by Gasteiger charge is -2.28. The van der Waals surface area contributed by atoms with Crippen molar-refractivity contribution in [1.82, 2.24) is 16.0 Å². The van der Waals surface area contributed by atoms with Gasteiger partial charge in [0.05, 0.1) is 6.04 Å². The maximum Gasteiger partial charge on any atom is 0.327 e. The molecule has 0 radical (unpaired) electrons. The first kappa shape index (κ1) is 29.5. The lowest BCUT2D eigenvalue weighted by atomic mass is 9.96. The Balaban J connectivity index is 5.42. The van der Waals surface area contributed by atoms with Gasteiger partial charge in [0.15, 0.2) is 0 Å². The quantitative estimate of drug-likeness (QED) is 0.189. The van der Waals surface area contributed by atoms with Gasteiger partial charge in [0.2, 0.25) is 17.7 Å². The third-order valence-corrected chi connectivity index (χ3v) is 5.91. The van der Waals surface area contributed by atoms with Gasteiger partial charge >= 0.3 is 5.97 Å². The first-order valence-corrected chi connectivity index (χ1v) is 12.5. The van der Waals surface area contributed by atoms with Crippen LogP contribution in [0.4, 0.5) is 0 Å². The van der Waals surface area contributed by atoms with Gasteiger partial charge in [-0.3, -0.25) is 14.4 Å². The summed E-state index contributed by atoms with van der Waals surface area (Å²) < 4.78 is 0. The summed E-state index contributed by atoms with van der Waals surface area (Å²) in [7, 11) is 0. The highest BCUT2D eigenvalue weighted by atomic mass is 32.2. The fraction of sp³-hybridized carbons (Fsp3) is 0.800. The van der Waals surface area contributed by atoms with Crippen molar-refractivity contribution >= 4 is 48.1 Å². The zero-order valence-electron chi connectivity index (χ0n) is 19.0. The molecule has 0 fully saturated rings. The molecule has 0 aromatic heterocycles.